The van der Waals surface area contributed by atoms with Crippen molar-refractivity contribution in [1.82, 2.24) is 19.7 Å². The summed E-state index contributed by atoms with van der Waals surface area (Å²) in [5.74, 6) is 1.40. The van der Waals surface area contributed by atoms with Crippen LogP contribution in [0, 0.1) is 18.8 Å². The Kier molecular flexibility index (Phi) is 7.66. The van der Waals surface area contributed by atoms with E-state index in [0.29, 0.717) is 30.6 Å². The molecule has 2 rings (SSSR count). The van der Waals surface area contributed by atoms with Gasteiger partial charge in [-0.05, 0) is 11.8 Å². The molecule has 2 heterocycles. The van der Waals surface area contributed by atoms with Crippen LogP contribution in [0.1, 0.15) is 39.4 Å². The SMILES string of the molecule is Cc1nc(CSCC(=O)N(CC(C)C)c2c(N)n(CC(C)C)c(=O)[nH]c2=O)no1. The monoisotopic (exact) mass is 424 g/mol. The minimum atomic E-state index is -0.666. The smallest absolute Gasteiger partial charge is 0.330 e. The Balaban J connectivity index is 2.30. The van der Waals surface area contributed by atoms with Gasteiger partial charge in [0, 0.05) is 20.0 Å². The zero-order valence-electron chi connectivity index (χ0n) is 17.4. The third-order valence-electron chi connectivity index (χ3n) is 3.91. The molecule has 0 aliphatic rings. The van der Waals surface area contributed by atoms with Crippen molar-refractivity contribution >= 4 is 29.2 Å². The molecule has 2 aromatic heterocycles. The molecule has 0 saturated carbocycles. The quantitative estimate of drug-likeness (QED) is 0.615. The van der Waals surface area contributed by atoms with Crippen LogP contribution in [-0.2, 0) is 17.1 Å². The van der Waals surface area contributed by atoms with Crippen molar-refractivity contribution in [2.75, 3.05) is 22.9 Å². The molecular weight excluding hydrogens is 396 g/mol. The molecular formula is C18H28N6O4S. The van der Waals surface area contributed by atoms with E-state index in [2.05, 4.69) is 15.1 Å². The van der Waals surface area contributed by atoms with Crippen molar-refractivity contribution in [2.45, 2.75) is 46.9 Å². The molecule has 10 nitrogen and oxygen atoms in total. The lowest BCUT2D eigenvalue weighted by atomic mass is 10.2. The van der Waals surface area contributed by atoms with Crippen molar-refractivity contribution in [3.63, 3.8) is 0 Å². The zero-order chi connectivity index (χ0) is 21.7. The van der Waals surface area contributed by atoms with Gasteiger partial charge in [0.2, 0.25) is 11.8 Å². The van der Waals surface area contributed by atoms with E-state index in [1.165, 1.54) is 21.2 Å². The third kappa shape index (κ3) is 5.96. The van der Waals surface area contributed by atoms with E-state index >= 15 is 0 Å². The molecule has 11 heteroatoms. The van der Waals surface area contributed by atoms with Gasteiger partial charge in [-0.3, -0.25) is 19.1 Å². The summed E-state index contributed by atoms with van der Waals surface area (Å²) < 4.78 is 6.22. The van der Waals surface area contributed by atoms with Gasteiger partial charge in [0.25, 0.3) is 5.56 Å². The number of nitrogens with zero attached hydrogens (tertiary/aromatic N) is 4. The van der Waals surface area contributed by atoms with E-state index in [4.69, 9.17) is 10.3 Å². The van der Waals surface area contributed by atoms with E-state index in [1.54, 1.807) is 6.92 Å². The number of nitrogens with two attached hydrogens (primary N) is 1. The Hall–Kier alpha value is -2.56. The standard InChI is InChI=1S/C18H28N6O4S/c1-10(2)6-23(14(25)9-29-8-13-20-12(5)28-22-13)15-16(19)24(7-11(3)4)18(27)21-17(15)26/h10-11H,6-9,19H2,1-5H3,(H,21,26,27). The predicted octanol–water partition coefficient (Wildman–Crippen LogP) is 1.39. The van der Waals surface area contributed by atoms with E-state index in [-0.39, 0.29) is 35.0 Å². The van der Waals surface area contributed by atoms with Gasteiger partial charge in [0.05, 0.1) is 11.5 Å². The van der Waals surface area contributed by atoms with Crippen molar-refractivity contribution < 1.29 is 9.32 Å². The van der Waals surface area contributed by atoms with Crippen LogP contribution < -0.4 is 21.9 Å². The minimum absolute atomic E-state index is 0.000225. The fourth-order valence-corrected chi connectivity index (χ4v) is 3.51. The molecule has 0 unspecified atom stereocenters. The van der Waals surface area contributed by atoms with E-state index in [1.807, 2.05) is 27.7 Å². The number of H-pyrrole nitrogens is 1. The number of amides is 1. The van der Waals surface area contributed by atoms with Gasteiger partial charge < -0.3 is 15.2 Å². The van der Waals surface area contributed by atoms with Crippen LogP contribution in [0.15, 0.2) is 14.1 Å². The molecule has 0 bridgehead atoms. The first-order chi connectivity index (χ1) is 13.6. The Morgan fingerprint density at radius 2 is 1.97 bits per heavy atom. The van der Waals surface area contributed by atoms with Gasteiger partial charge in [-0.15, -0.1) is 11.8 Å². The number of carbonyl (C=O) groups is 1. The first-order valence-electron chi connectivity index (χ1n) is 9.40. The number of aryl methyl sites for hydroxylation is 1. The molecule has 2 aromatic rings. The molecule has 0 saturated heterocycles. The number of anilines is 2. The summed E-state index contributed by atoms with van der Waals surface area (Å²) >= 11 is 1.31. The van der Waals surface area contributed by atoms with Gasteiger partial charge in [-0.2, -0.15) is 4.98 Å². The number of thioether (sulfide) groups is 1. The first kappa shape index (κ1) is 22.7. The number of carbonyl (C=O) groups excluding carboxylic acids is 1. The zero-order valence-corrected chi connectivity index (χ0v) is 18.2. The number of aromatic nitrogens is 4. The summed E-state index contributed by atoms with van der Waals surface area (Å²) in [5.41, 5.74) is 4.95. The molecule has 0 fully saturated rings. The largest absolute Gasteiger partial charge is 0.383 e. The molecule has 0 aliphatic carbocycles. The summed E-state index contributed by atoms with van der Waals surface area (Å²) in [6.45, 7) is 10.1. The second kappa shape index (κ2) is 9.77. The van der Waals surface area contributed by atoms with Gasteiger partial charge in [-0.1, -0.05) is 32.9 Å². The average Bonchev–Trinajstić information content (AvgIpc) is 3.02. The fourth-order valence-electron chi connectivity index (χ4n) is 2.78. The summed E-state index contributed by atoms with van der Waals surface area (Å²) in [6.07, 6.45) is 0. The van der Waals surface area contributed by atoms with Gasteiger partial charge in [-0.25, -0.2) is 4.79 Å². The number of nitrogen functional groups attached to an aromatic ring is 1. The fraction of sp³-hybridized carbons (Fsp3) is 0.611. The number of aromatic amines is 1. The molecule has 160 valence electrons. The highest BCUT2D eigenvalue weighted by Crippen LogP contribution is 2.21. The van der Waals surface area contributed by atoms with Gasteiger partial charge >= 0.3 is 5.69 Å². The third-order valence-corrected chi connectivity index (χ3v) is 4.82. The minimum Gasteiger partial charge on any atom is -0.383 e. The molecule has 0 spiro atoms. The van der Waals surface area contributed by atoms with Crippen molar-refractivity contribution in [2.24, 2.45) is 11.8 Å². The van der Waals surface area contributed by atoms with Crippen LogP contribution >= 0.6 is 11.8 Å². The highest BCUT2D eigenvalue weighted by atomic mass is 32.2. The molecule has 3 N–H and O–H groups in total. The Labute approximate surface area is 172 Å². The van der Waals surface area contributed by atoms with Crippen molar-refractivity contribution in [3.8, 4) is 0 Å². The number of rotatable bonds is 9. The average molecular weight is 425 g/mol. The van der Waals surface area contributed by atoms with Crippen LogP contribution in [0.25, 0.3) is 0 Å². The van der Waals surface area contributed by atoms with E-state index < -0.39 is 11.2 Å². The Morgan fingerprint density at radius 1 is 1.28 bits per heavy atom. The van der Waals surface area contributed by atoms with Gasteiger partial charge in [0.15, 0.2) is 11.5 Å². The van der Waals surface area contributed by atoms with E-state index in [9.17, 15) is 14.4 Å². The first-order valence-corrected chi connectivity index (χ1v) is 10.6. The molecule has 0 atom stereocenters. The lowest BCUT2D eigenvalue weighted by molar-refractivity contribution is -0.116. The lowest BCUT2D eigenvalue weighted by Crippen LogP contribution is -2.43. The maximum atomic E-state index is 12.9. The topological polar surface area (TPSA) is 140 Å². The summed E-state index contributed by atoms with van der Waals surface area (Å²) in [5, 5.41) is 3.80. The van der Waals surface area contributed by atoms with Crippen LogP contribution in [0.3, 0.4) is 0 Å². The molecule has 0 aliphatic heterocycles. The summed E-state index contributed by atoms with van der Waals surface area (Å²) in [7, 11) is 0. The predicted molar refractivity (Wildman–Crippen MR) is 113 cm³/mol. The number of hydrogen-bond donors (Lipinski definition) is 2. The van der Waals surface area contributed by atoms with Crippen LogP contribution in [0.5, 0.6) is 0 Å². The summed E-state index contributed by atoms with van der Waals surface area (Å²) in [4.78, 5) is 45.4. The normalized spacial score (nSPS) is 11.4. The van der Waals surface area contributed by atoms with E-state index in [0.717, 1.165) is 0 Å². The van der Waals surface area contributed by atoms with Gasteiger partial charge in [0.1, 0.15) is 5.82 Å². The van der Waals surface area contributed by atoms with Crippen molar-refractivity contribution in [3.05, 3.63) is 32.6 Å². The molecule has 1 amide bonds. The Morgan fingerprint density at radius 3 is 2.52 bits per heavy atom. The van der Waals surface area contributed by atoms with Crippen LogP contribution in [0.2, 0.25) is 0 Å². The summed E-state index contributed by atoms with van der Waals surface area (Å²) in [6, 6.07) is 0. The second-order valence-corrected chi connectivity index (χ2v) is 8.60. The lowest BCUT2D eigenvalue weighted by Gasteiger charge is -2.26. The highest BCUT2D eigenvalue weighted by molar-refractivity contribution is 7.99. The second-order valence-electron chi connectivity index (χ2n) is 7.62. The van der Waals surface area contributed by atoms with Crippen molar-refractivity contribution in [1.29, 1.82) is 0 Å². The maximum Gasteiger partial charge on any atom is 0.330 e. The molecule has 29 heavy (non-hydrogen) atoms. The van der Waals surface area contributed by atoms with Crippen LogP contribution in [-0.4, -0.2) is 37.9 Å². The number of nitrogens with one attached hydrogen (secondary N) is 1. The highest BCUT2D eigenvalue weighted by Gasteiger charge is 2.25. The number of hydrogen-bond acceptors (Lipinski definition) is 8. The molecule has 0 radical (unpaired) electrons. The van der Waals surface area contributed by atoms with Crippen LogP contribution in [0.4, 0.5) is 11.5 Å². The maximum absolute atomic E-state index is 12.9. The Bertz CT molecular complexity index is 962. The molecule has 0 aromatic carbocycles.